The van der Waals surface area contributed by atoms with E-state index in [9.17, 15) is 9.59 Å². The number of nitrogens with one attached hydrogen (secondary N) is 1. The number of carbonyl (C=O) groups excluding carboxylic acids is 2. The van der Waals surface area contributed by atoms with Crippen LogP contribution in [0.1, 0.15) is 50.8 Å². The van der Waals surface area contributed by atoms with Gasteiger partial charge in [-0.15, -0.1) is 0 Å². The zero-order chi connectivity index (χ0) is 20.4. The van der Waals surface area contributed by atoms with Crippen LogP contribution in [0.4, 0.5) is 4.79 Å². The van der Waals surface area contributed by atoms with Gasteiger partial charge in [0.2, 0.25) is 0 Å². The Morgan fingerprint density at radius 2 is 1.81 bits per heavy atom. The monoisotopic (exact) mass is 379 g/mol. The molecule has 0 atom stereocenters. The molecule has 1 N–H and O–H groups in total. The largest absolute Gasteiger partial charge is 0.513 e. The summed E-state index contributed by atoms with van der Waals surface area (Å²) in [7, 11) is 0. The van der Waals surface area contributed by atoms with Crippen LogP contribution in [-0.2, 0) is 19.7 Å². The average molecular weight is 379 g/mol. The number of hydrogen-bond donors (Lipinski definition) is 1. The van der Waals surface area contributed by atoms with Crippen LogP contribution in [0.5, 0.6) is 5.75 Å². The molecule has 0 radical (unpaired) electrons. The molecular formula is C21H33NO5. The zero-order valence-corrected chi connectivity index (χ0v) is 17.4. The molecule has 0 unspecified atom stereocenters. The van der Waals surface area contributed by atoms with Crippen LogP contribution < -0.4 is 10.1 Å². The number of Topliss-reactive ketones (excluding diaryl/α,β-unsaturated/α-hetero) is 1. The first-order chi connectivity index (χ1) is 12.7. The highest BCUT2D eigenvalue weighted by Crippen LogP contribution is 2.38. The van der Waals surface area contributed by atoms with Gasteiger partial charge in [-0.05, 0) is 44.5 Å². The maximum atomic E-state index is 12.1. The minimum Gasteiger partial charge on any atom is -0.432 e. The Kier molecular flexibility index (Phi) is 9.46. The normalized spacial score (nSPS) is 11.3. The molecule has 1 aromatic rings. The van der Waals surface area contributed by atoms with Gasteiger partial charge in [-0.3, -0.25) is 4.79 Å². The standard InChI is InChI=1S/C21H33NO5/c1-7-22-8-9-25-10-11-26-20(24)27-18-13-15(2)12-16(3)19(18)21(5,6)14-17(4)23/h12-13,22H,7-11,14H2,1-6H3. The third-order valence-electron chi connectivity index (χ3n) is 4.13. The Balaban J connectivity index is 2.73. The Hall–Kier alpha value is -1.92. The van der Waals surface area contributed by atoms with E-state index < -0.39 is 11.6 Å². The van der Waals surface area contributed by atoms with Crippen molar-refractivity contribution in [1.82, 2.24) is 5.32 Å². The lowest BCUT2D eigenvalue weighted by molar-refractivity contribution is -0.118. The van der Waals surface area contributed by atoms with Gasteiger partial charge in [-0.25, -0.2) is 4.79 Å². The first kappa shape index (κ1) is 23.1. The number of rotatable bonds is 11. The minimum absolute atomic E-state index is 0.0863. The van der Waals surface area contributed by atoms with E-state index >= 15 is 0 Å². The lowest BCUT2D eigenvalue weighted by atomic mass is 9.77. The number of benzene rings is 1. The first-order valence-electron chi connectivity index (χ1n) is 9.41. The molecule has 0 aliphatic rings. The van der Waals surface area contributed by atoms with Crippen molar-refractivity contribution in [2.45, 2.75) is 53.4 Å². The van der Waals surface area contributed by atoms with Crippen molar-refractivity contribution in [3.63, 3.8) is 0 Å². The van der Waals surface area contributed by atoms with Gasteiger partial charge in [0, 0.05) is 23.9 Å². The maximum absolute atomic E-state index is 12.1. The van der Waals surface area contributed by atoms with Crippen LogP contribution in [0.3, 0.4) is 0 Å². The van der Waals surface area contributed by atoms with Crippen molar-refractivity contribution in [3.05, 3.63) is 28.8 Å². The highest BCUT2D eigenvalue weighted by Gasteiger charge is 2.29. The molecule has 27 heavy (non-hydrogen) atoms. The molecule has 0 bridgehead atoms. The number of carbonyl (C=O) groups is 2. The highest BCUT2D eigenvalue weighted by atomic mass is 16.7. The van der Waals surface area contributed by atoms with E-state index in [0.717, 1.165) is 29.8 Å². The second kappa shape index (κ2) is 11.0. The molecule has 0 amide bonds. The molecule has 0 saturated carbocycles. The predicted octanol–water partition coefficient (Wildman–Crippen LogP) is 3.70. The lowest BCUT2D eigenvalue weighted by Crippen LogP contribution is -2.25. The molecule has 0 saturated heterocycles. The quantitative estimate of drug-likeness (QED) is 0.359. The zero-order valence-electron chi connectivity index (χ0n) is 17.4. The molecule has 6 nitrogen and oxygen atoms in total. The van der Waals surface area contributed by atoms with E-state index in [1.165, 1.54) is 0 Å². The first-order valence-corrected chi connectivity index (χ1v) is 9.41. The topological polar surface area (TPSA) is 73.9 Å². The number of likely N-dealkylation sites (N-methyl/N-ethyl adjacent to an activating group) is 1. The Morgan fingerprint density at radius 1 is 1.11 bits per heavy atom. The number of ether oxygens (including phenoxy) is 3. The second-order valence-corrected chi connectivity index (χ2v) is 7.38. The van der Waals surface area contributed by atoms with Crippen LogP contribution in [0.2, 0.25) is 0 Å². The number of aryl methyl sites for hydroxylation is 2. The molecule has 1 aromatic carbocycles. The molecule has 0 fully saturated rings. The summed E-state index contributed by atoms with van der Waals surface area (Å²) >= 11 is 0. The fourth-order valence-electron chi connectivity index (χ4n) is 3.31. The predicted molar refractivity (Wildman–Crippen MR) is 106 cm³/mol. The van der Waals surface area contributed by atoms with E-state index in [0.29, 0.717) is 25.4 Å². The average Bonchev–Trinajstić information content (AvgIpc) is 2.51. The van der Waals surface area contributed by atoms with Gasteiger partial charge < -0.3 is 19.5 Å². The SMILES string of the molecule is CCNCCOCCOC(=O)Oc1cc(C)cc(C)c1C(C)(C)CC(C)=O. The van der Waals surface area contributed by atoms with E-state index in [2.05, 4.69) is 5.32 Å². The fraction of sp³-hybridized carbons (Fsp3) is 0.619. The van der Waals surface area contributed by atoms with Crippen molar-refractivity contribution < 1.29 is 23.8 Å². The van der Waals surface area contributed by atoms with E-state index in [1.54, 1.807) is 13.0 Å². The summed E-state index contributed by atoms with van der Waals surface area (Å²) in [6.45, 7) is 14.1. The summed E-state index contributed by atoms with van der Waals surface area (Å²) in [4.78, 5) is 23.8. The van der Waals surface area contributed by atoms with Crippen LogP contribution in [0.15, 0.2) is 12.1 Å². The van der Waals surface area contributed by atoms with Crippen molar-refractivity contribution in [3.8, 4) is 5.75 Å². The molecule has 0 aromatic heterocycles. The summed E-state index contributed by atoms with van der Waals surface area (Å²) in [5, 5.41) is 3.14. The fourth-order valence-corrected chi connectivity index (χ4v) is 3.31. The molecule has 0 aliphatic heterocycles. The van der Waals surface area contributed by atoms with E-state index in [-0.39, 0.29) is 12.4 Å². The smallest absolute Gasteiger partial charge is 0.432 e. The van der Waals surface area contributed by atoms with Crippen LogP contribution in [0, 0.1) is 13.8 Å². The molecule has 152 valence electrons. The summed E-state index contributed by atoms with van der Waals surface area (Å²) < 4.78 is 16.0. The van der Waals surface area contributed by atoms with Crippen molar-refractivity contribution in [1.29, 1.82) is 0 Å². The number of hydrogen-bond acceptors (Lipinski definition) is 6. The summed E-state index contributed by atoms with van der Waals surface area (Å²) in [6, 6.07) is 3.83. The van der Waals surface area contributed by atoms with Gasteiger partial charge in [-0.2, -0.15) is 0 Å². The molecule has 1 rings (SSSR count). The van der Waals surface area contributed by atoms with E-state index in [4.69, 9.17) is 14.2 Å². The molecule has 6 heteroatoms. The van der Waals surface area contributed by atoms with Gasteiger partial charge in [0.25, 0.3) is 0 Å². The molecule has 0 spiro atoms. The van der Waals surface area contributed by atoms with Crippen LogP contribution >= 0.6 is 0 Å². The van der Waals surface area contributed by atoms with Crippen molar-refractivity contribution in [2.24, 2.45) is 0 Å². The number of ketones is 1. The summed E-state index contributed by atoms with van der Waals surface area (Å²) in [5.74, 6) is 0.528. The molecule has 0 aliphatic carbocycles. The van der Waals surface area contributed by atoms with Gasteiger partial charge in [0.15, 0.2) is 0 Å². The third-order valence-corrected chi connectivity index (χ3v) is 4.13. The Morgan fingerprint density at radius 3 is 2.44 bits per heavy atom. The summed E-state index contributed by atoms with van der Waals surface area (Å²) in [5.41, 5.74) is 2.36. The van der Waals surface area contributed by atoms with Crippen molar-refractivity contribution >= 4 is 11.9 Å². The third kappa shape index (κ3) is 8.10. The van der Waals surface area contributed by atoms with E-state index in [1.807, 2.05) is 40.7 Å². The lowest BCUT2D eigenvalue weighted by Gasteiger charge is -2.28. The summed E-state index contributed by atoms with van der Waals surface area (Å²) in [6.07, 6.45) is -0.405. The Bertz CT molecular complexity index is 640. The maximum Gasteiger partial charge on any atom is 0.513 e. The van der Waals surface area contributed by atoms with Gasteiger partial charge in [-0.1, -0.05) is 26.8 Å². The highest BCUT2D eigenvalue weighted by molar-refractivity contribution is 5.77. The second-order valence-electron chi connectivity index (χ2n) is 7.38. The van der Waals surface area contributed by atoms with Crippen LogP contribution in [0.25, 0.3) is 0 Å². The van der Waals surface area contributed by atoms with Gasteiger partial charge in [0.1, 0.15) is 18.1 Å². The minimum atomic E-state index is -0.768. The van der Waals surface area contributed by atoms with Crippen molar-refractivity contribution in [2.75, 3.05) is 32.9 Å². The van der Waals surface area contributed by atoms with Gasteiger partial charge >= 0.3 is 6.16 Å². The molecule has 0 heterocycles. The van der Waals surface area contributed by atoms with Crippen LogP contribution in [-0.4, -0.2) is 44.8 Å². The van der Waals surface area contributed by atoms with Gasteiger partial charge in [0.05, 0.1) is 13.2 Å². The Labute approximate surface area is 162 Å². The molecular weight excluding hydrogens is 346 g/mol.